The highest BCUT2D eigenvalue weighted by Crippen LogP contribution is 2.32. The molecule has 4 rings (SSSR count). The number of anilines is 1. The normalized spacial score (nSPS) is 10.8. The molecule has 4 aromatic rings. The molecule has 0 bridgehead atoms. The van der Waals surface area contributed by atoms with Gasteiger partial charge in [-0.2, -0.15) is 0 Å². The third kappa shape index (κ3) is 4.95. The average Bonchev–Trinajstić information content (AvgIpc) is 3.42. The lowest BCUT2D eigenvalue weighted by Gasteiger charge is -2.06. The van der Waals surface area contributed by atoms with Crippen LogP contribution in [0.4, 0.5) is 13.9 Å². The number of amides is 1. The lowest BCUT2D eigenvalue weighted by Crippen LogP contribution is -2.12. The Morgan fingerprint density at radius 2 is 1.94 bits per heavy atom. The number of carbonyl (C=O) groups is 1. The maximum atomic E-state index is 13.6. The van der Waals surface area contributed by atoms with Crippen molar-refractivity contribution in [1.29, 1.82) is 0 Å². The highest BCUT2D eigenvalue weighted by atomic mass is 32.1. The molecule has 0 atom stereocenters. The van der Waals surface area contributed by atoms with Gasteiger partial charge in [-0.15, -0.1) is 11.3 Å². The summed E-state index contributed by atoms with van der Waals surface area (Å²) in [6.45, 7) is 0. The molecule has 0 saturated heterocycles. The van der Waals surface area contributed by atoms with Crippen molar-refractivity contribution in [2.75, 3.05) is 12.4 Å². The number of methoxy groups -OCH3 is 1. The summed E-state index contributed by atoms with van der Waals surface area (Å²) < 4.78 is 37.5. The summed E-state index contributed by atoms with van der Waals surface area (Å²) in [7, 11) is 1.50. The Kier molecular flexibility index (Phi) is 6.03. The SMILES string of the molecule is COc1ccc(F)cc1-c1csc(NC(=O)CCc2ncc(-c3ccc(F)cc3)o2)n1. The van der Waals surface area contributed by atoms with Gasteiger partial charge in [-0.25, -0.2) is 18.7 Å². The molecule has 2 aromatic heterocycles. The number of benzene rings is 2. The molecule has 1 N–H and O–H groups in total. The van der Waals surface area contributed by atoms with Gasteiger partial charge < -0.3 is 14.5 Å². The minimum absolute atomic E-state index is 0.140. The van der Waals surface area contributed by atoms with Crippen molar-refractivity contribution in [3.63, 3.8) is 0 Å². The molecule has 0 fully saturated rings. The van der Waals surface area contributed by atoms with E-state index in [2.05, 4.69) is 15.3 Å². The minimum atomic E-state index is -0.402. The first-order valence-corrected chi connectivity index (χ1v) is 10.2. The molecule has 2 aromatic carbocycles. The highest BCUT2D eigenvalue weighted by molar-refractivity contribution is 7.14. The third-order valence-electron chi connectivity index (χ3n) is 4.44. The zero-order valence-corrected chi connectivity index (χ0v) is 17.2. The summed E-state index contributed by atoms with van der Waals surface area (Å²) in [5.41, 5.74) is 1.72. The van der Waals surface area contributed by atoms with Crippen LogP contribution >= 0.6 is 11.3 Å². The fourth-order valence-electron chi connectivity index (χ4n) is 2.91. The van der Waals surface area contributed by atoms with Gasteiger partial charge in [-0.05, 0) is 42.5 Å². The van der Waals surface area contributed by atoms with Crippen molar-refractivity contribution < 1.29 is 22.7 Å². The summed E-state index contributed by atoms with van der Waals surface area (Å²) in [6, 6.07) is 10.0. The number of thiazole rings is 1. The van der Waals surface area contributed by atoms with E-state index in [9.17, 15) is 13.6 Å². The molecule has 0 spiro atoms. The molecule has 0 radical (unpaired) electrons. The Hall–Kier alpha value is -3.59. The average molecular weight is 441 g/mol. The first-order chi connectivity index (χ1) is 15.0. The number of hydrogen-bond donors (Lipinski definition) is 1. The van der Waals surface area contributed by atoms with E-state index in [0.717, 1.165) is 0 Å². The van der Waals surface area contributed by atoms with Crippen molar-refractivity contribution in [3.05, 3.63) is 71.6 Å². The summed E-state index contributed by atoms with van der Waals surface area (Å²) >= 11 is 1.23. The van der Waals surface area contributed by atoms with Crippen LogP contribution in [0.5, 0.6) is 5.75 Å². The quantitative estimate of drug-likeness (QED) is 0.420. The first-order valence-electron chi connectivity index (χ1n) is 9.32. The van der Waals surface area contributed by atoms with Crippen LogP contribution in [0.2, 0.25) is 0 Å². The summed E-state index contributed by atoms with van der Waals surface area (Å²) in [5, 5.41) is 4.83. The van der Waals surface area contributed by atoms with E-state index in [1.54, 1.807) is 23.7 Å². The van der Waals surface area contributed by atoms with Gasteiger partial charge in [-0.1, -0.05) is 0 Å². The Morgan fingerprint density at radius 3 is 2.71 bits per heavy atom. The third-order valence-corrected chi connectivity index (χ3v) is 5.19. The zero-order valence-electron chi connectivity index (χ0n) is 16.4. The molecule has 158 valence electrons. The second-order valence-electron chi connectivity index (χ2n) is 6.56. The number of oxazole rings is 1. The summed E-state index contributed by atoms with van der Waals surface area (Å²) in [6.07, 6.45) is 1.98. The second-order valence-corrected chi connectivity index (χ2v) is 7.41. The number of halogens is 2. The van der Waals surface area contributed by atoms with Crippen LogP contribution < -0.4 is 10.1 Å². The van der Waals surface area contributed by atoms with Crippen LogP contribution in [0.25, 0.3) is 22.6 Å². The number of aromatic nitrogens is 2. The van der Waals surface area contributed by atoms with E-state index < -0.39 is 5.82 Å². The number of hydrogen-bond acceptors (Lipinski definition) is 6. The summed E-state index contributed by atoms with van der Waals surface area (Å²) in [4.78, 5) is 20.8. The van der Waals surface area contributed by atoms with E-state index in [-0.39, 0.29) is 18.1 Å². The fraction of sp³-hybridized carbons (Fsp3) is 0.136. The predicted octanol–water partition coefficient (Wildman–Crippen LogP) is 5.32. The van der Waals surface area contributed by atoms with Crippen molar-refractivity contribution >= 4 is 22.4 Å². The predicted molar refractivity (Wildman–Crippen MR) is 113 cm³/mol. The molecule has 9 heteroatoms. The van der Waals surface area contributed by atoms with Gasteiger partial charge in [0.15, 0.2) is 16.8 Å². The van der Waals surface area contributed by atoms with Crippen molar-refractivity contribution in [2.45, 2.75) is 12.8 Å². The van der Waals surface area contributed by atoms with Crippen LogP contribution in [-0.4, -0.2) is 23.0 Å². The van der Waals surface area contributed by atoms with E-state index in [1.165, 1.54) is 48.8 Å². The molecular formula is C22H17F2N3O3S. The number of nitrogens with zero attached hydrogens (tertiary/aromatic N) is 2. The van der Waals surface area contributed by atoms with E-state index >= 15 is 0 Å². The number of rotatable bonds is 7. The maximum Gasteiger partial charge on any atom is 0.226 e. The van der Waals surface area contributed by atoms with Crippen LogP contribution in [-0.2, 0) is 11.2 Å². The topological polar surface area (TPSA) is 77.2 Å². The molecule has 2 heterocycles. The number of ether oxygens (including phenoxy) is 1. The zero-order chi connectivity index (χ0) is 21.8. The van der Waals surface area contributed by atoms with Crippen LogP contribution in [0.1, 0.15) is 12.3 Å². The van der Waals surface area contributed by atoms with Crippen LogP contribution in [0.3, 0.4) is 0 Å². The monoisotopic (exact) mass is 441 g/mol. The van der Waals surface area contributed by atoms with Gasteiger partial charge in [0, 0.05) is 29.3 Å². The minimum Gasteiger partial charge on any atom is -0.496 e. The van der Waals surface area contributed by atoms with Crippen LogP contribution in [0, 0.1) is 11.6 Å². The Balaban J connectivity index is 1.36. The fourth-order valence-corrected chi connectivity index (χ4v) is 3.64. The lowest BCUT2D eigenvalue weighted by molar-refractivity contribution is -0.116. The number of nitrogens with one attached hydrogen (secondary N) is 1. The highest BCUT2D eigenvalue weighted by Gasteiger charge is 2.14. The molecule has 0 aliphatic rings. The Morgan fingerprint density at radius 1 is 1.16 bits per heavy atom. The smallest absolute Gasteiger partial charge is 0.226 e. The number of aryl methyl sites for hydroxylation is 1. The van der Waals surface area contributed by atoms with Crippen molar-refractivity contribution in [1.82, 2.24) is 9.97 Å². The standard InChI is InChI=1S/C22H17F2N3O3S/c1-29-18-7-6-15(24)10-16(18)17-12-31-22(26-17)27-20(28)8-9-21-25-11-19(30-21)13-2-4-14(23)5-3-13/h2-7,10-12H,8-9H2,1H3,(H,26,27,28). The molecule has 0 aliphatic heterocycles. The Bertz CT molecular complexity index is 1200. The van der Waals surface area contributed by atoms with Crippen LogP contribution in [0.15, 0.2) is 58.5 Å². The van der Waals surface area contributed by atoms with Gasteiger partial charge in [0.1, 0.15) is 17.4 Å². The van der Waals surface area contributed by atoms with E-state index in [1.807, 2.05) is 0 Å². The maximum absolute atomic E-state index is 13.6. The molecule has 0 aliphatic carbocycles. The van der Waals surface area contributed by atoms with Crippen molar-refractivity contribution in [2.24, 2.45) is 0 Å². The number of carbonyl (C=O) groups excluding carboxylic acids is 1. The van der Waals surface area contributed by atoms with Gasteiger partial charge >= 0.3 is 0 Å². The lowest BCUT2D eigenvalue weighted by atomic mass is 10.1. The van der Waals surface area contributed by atoms with E-state index in [4.69, 9.17) is 9.15 Å². The molecular weight excluding hydrogens is 424 g/mol. The van der Waals surface area contributed by atoms with Crippen molar-refractivity contribution in [3.8, 4) is 28.3 Å². The molecule has 0 saturated carbocycles. The molecule has 31 heavy (non-hydrogen) atoms. The molecule has 0 unspecified atom stereocenters. The van der Waals surface area contributed by atoms with Gasteiger partial charge in [-0.3, -0.25) is 4.79 Å². The second kappa shape index (κ2) is 9.05. The Labute approximate surface area is 180 Å². The van der Waals surface area contributed by atoms with Gasteiger partial charge in [0.05, 0.1) is 19.0 Å². The van der Waals surface area contributed by atoms with Gasteiger partial charge in [0.25, 0.3) is 0 Å². The largest absolute Gasteiger partial charge is 0.496 e. The van der Waals surface area contributed by atoms with Gasteiger partial charge in [0.2, 0.25) is 5.91 Å². The first kappa shape index (κ1) is 20.7. The summed E-state index contributed by atoms with van der Waals surface area (Å²) in [5.74, 6) is 0.406. The molecule has 1 amide bonds. The molecule has 6 nitrogen and oxygen atoms in total. The van der Waals surface area contributed by atoms with E-state index in [0.29, 0.717) is 45.8 Å².